The summed E-state index contributed by atoms with van der Waals surface area (Å²) in [4.78, 5) is 6.81. The molecular formula is C19H41IN4O2. The lowest BCUT2D eigenvalue weighted by atomic mass is 10.00. The van der Waals surface area contributed by atoms with Gasteiger partial charge in [-0.3, -0.25) is 9.89 Å². The molecule has 1 aliphatic rings. The molecule has 156 valence electrons. The molecule has 0 spiro atoms. The van der Waals surface area contributed by atoms with Gasteiger partial charge in [0.15, 0.2) is 5.96 Å². The minimum atomic E-state index is 0. The van der Waals surface area contributed by atoms with Crippen molar-refractivity contribution in [3.8, 4) is 0 Å². The number of halogens is 1. The number of aliphatic imine (C=N–C) groups is 1. The van der Waals surface area contributed by atoms with Gasteiger partial charge in [0.2, 0.25) is 0 Å². The molecule has 0 aromatic heterocycles. The highest BCUT2D eigenvalue weighted by atomic mass is 127. The van der Waals surface area contributed by atoms with Crippen LogP contribution in [0.2, 0.25) is 0 Å². The van der Waals surface area contributed by atoms with Gasteiger partial charge in [0.25, 0.3) is 0 Å². The Hall–Kier alpha value is -0.120. The van der Waals surface area contributed by atoms with Crippen molar-refractivity contribution in [3.05, 3.63) is 0 Å². The number of rotatable bonds is 9. The van der Waals surface area contributed by atoms with E-state index in [1.54, 1.807) is 7.05 Å². The highest BCUT2D eigenvalue weighted by Crippen LogP contribution is 2.20. The maximum Gasteiger partial charge on any atom is 0.191 e. The normalized spacial score (nSPS) is 22.2. The van der Waals surface area contributed by atoms with Gasteiger partial charge >= 0.3 is 0 Å². The van der Waals surface area contributed by atoms with E-state index >= 15 is 0 Å². The number of nitrogens with one attached hydrogen (secondary N) is 2. The first kappa shape index (κ1) is 25.9. The van der Waals surface area contributed by atoms with Crippen LogP contribution in [-0.2, 0) is 9.47 Å². The first-order valence-corrected chi connectivity index (χ1v) is 9.67. The van der Waals surface area contributed by atoms with Crippen LogP contribution in [0.15, 0.2) is 4.99 Å². The molecule has 0 amide bonds. The van der Waals surface area contributed by atoms with Crippen molar-refractivity contribution in [3.63, 3.8) is 0 Å². The third-order valence-electron chi connectivity index (χ3n) is 4.57. The average Bonchev–Trinajstić information content (AvgIpc) is 2.52. The molecular weight excluding hydrogens is 443 g/mol. The van der Waals surface area contributed by atoms with Gasteiger partial charge < -0.3 is 20.1 Å². The molecule has 0 aromatic carbocycles. The zero-order chi connectivity index (χ0) is 18.9. The zero-order valence-electron chi connectivity index (χ0n) is 17.8. The molecule has 6 nitrogen and oxygen atoms in total. The molecule has 0 aromatic rings. The number of hydrogen-bond acceptors (Lipinski definition) is 4. The third kappa shape index (κ3) is 10.3. The summed E-state index contributed by atoms with van der Waals surface area (Å²) < 4.78 is 11.5. The van der Waals surface area contributed by atoms with Crippen LogP contribution < -0.4 is 10.6 Å². The molecule has 1 rings (SSSR count). The SMILES string of the molecule is CN=C(NCCOCCC(C)C)NCC(C)(C)N1CC(C)OC(C)C1.I. The Bertz CT molecular complexity index is 395. The summed E-state index contributed by atoms with van der Waals surface area (Å²) in [5.74, 6) is 1.52. The van der Waals surface area contributed by atoms with Crippen molar-refractivity contribution in [2.24, 2.45) is 10.9 Å². The third-order valence-corrected chi connectivity index (χ3v) is 4.57. The van der Waals surface area contributed by atoms with Crippen LogP contribution in [0.4, 0.5) is 0 Å². The number of nitrogens with zero attached hydrogens (tertiary/aromatic N) is 2. The topological polar surface area (TPSA) is 58.1 Å². The predicted octanol–water partition coefficient (Wildman–Crippen LogP) is 2.72. The Morgan fingerprint density at radius 3 is 2.35 bits per heavy atom. The summed E-state index contributed by atoms with van der Waals surface area (Å²) >= 11 is 0. The van der Waals surface area contributed by atoms with Crippen molar-refractivity contribution in [1.82, 2.24) is 15.5 Å². The largest absolute Gasteiger partial charge is 0.380 e. The Labute approximate surface area is 177 Å². The van der Waals surface area contributed by atoms with E-state index in [1.807, 2.05) is 0 Å². The Balaban J connectivity index is 0.00000625. The van der Waals surface area contributed by atoms with Gasteiger partial charge in [0.1, 0.15) is 0 Å². The Morgan fingerprint density at radius 2 is 1.81 bits per heavy atom. The lowest BCUT2D eigenvalue weighted by Gasteiger charge is -2.45. The summed E-state index contributed by atoms with van der Waals surface area (Å²) in [7, 11) is 1.81. The summed E-state index contributed by atoms with van der Waals surface area (Å²) in [6.45, 7) is 18.3. The van der Waals surface area contributed by atoms with E-state index in [0.717, 1.165) is 45.2 Å². The quantitative estimate of drug-likeness (QED) is 0.228. The molecule has 2 unspecified atom stereocenters. The van der Waals surface area contributed by atoms with Crippen LogP contribution >= 0.6 is 24.0 Å². The minimum absolute atomic E-state index is 0. The Kier molecular flexibility index (Phi) is 13.1. The summed E-state index contributed by atoms with van der Waals surface area (Å²) in [6.07, 6.45) is 1.67. The van der Waals surface area contributed by atoms with E-state index in [0.29, 0.717) is 12.5 Å². The van der Waals surface area contributed by atoms with Crippen LogP contribution in [0.5, 0.6) is 0 Å². The fraction of sp³-hybridized carbons (Fsp3) is 0.947. The van der Waals surface area contributed by atoms with Gasteiger partial charge in [-0.15, -0.1) is 24.0 Å². The monoisotopic (exact) mass is 484 g/mol. The molecule has 2 N–H and O–H groups in total. The molecule has 26 heavy (non-hydrogen) atoms. The van der Waals surface area contributed by atoms with E-state index < -0.39 is 0 Å². The van der Waals surface area contributed by atoms with Crippen molar-refractivity contribution in [1.29, 1.82) is 0 Å². The van der Waals surface area contributed by atoms with Gasteiger partial charge in [-0.25, -0.2) is 0 Å². The molecule has 1 fully saturated rings. The van der Waals surface area contributed by atoms with Crippen LogP contribution in [-0.4, -0.2) is 75.0 Å². The van der Waals surface area contributed by atoms with Crippen LogP contribution in [0.1, 0.15) is 48.0 Å². The lowest BCUT2D eigenvalue weighted by molar-refractivity contribution is -0.0946. The van der Waals surface area contributed by atoms with Crippen LogP contribution in [0.25, 0.3) is 0 Å². The van der Waals surface area contributed by atoms with Crippen LogP contribution in [0, 0.1) is 5.92 Å². The molecule has 2 atom stereocenters. The number of morpholine rings is 1. The second-order valence-electron chi connectivity index (χ2n) is 8.12. The number of hydrogen-bond donors (Lipinski definition) is 2. The number of guanidine groups is 1. The molecule has 0 radical (unpaired) electrons. The van der Waals surface area contributed by atoms with Crippen molar-refractivity contribution < 1.29 is 9.47 Å². The van der Waals surface area contributed by atoms with Crippen molar-refractivity contribution >= 4 is 29.9 Å². The highest BCUT2D eigenvalue weighted by Gasteiger charge is 2.33. The molecule has 1 heterocycles. The highest BCUT2D eigenvalue weighted by molar-refractivity contribution is 14.0. The lowest BCUT2D eigenvalue weighted by Crippen LogP contribution is -2.59. The fourth-order valence-corrected chi connectivity index (χ4v) is 2.97. The second-order valence-corrected chi connectivity index (χ2v) is 8.12. The number of ether oxygens (including phenoxy) is 2. The summed E-state index contributed by atoms with van der Waals surface area (Å²) in [5, 5.41) is 6.77. The van der Waals surface area contributed by atoms with Gasteiger partial charge in [-0.05, 0) is 40.0 Å². The Morgan fingerprint density at radius 1 is 1.19 bits per heavy atom. The van der Waals surface area contributed by atoms with E-state index in [9.17, 15) is 0 Å². The fourth-order valence-electron chi connectivity index (χ4n) is 2.97. The van der Waals surface area contributed by atoms with E-state index in [2.05, 4.69) is 62.1 Å². The molecule has 1 saturated heterocycles. The summed E-state index contributed by atoms with van der Waals surface area (Å²) in [5.41, 5.74) is 0.0394. The standard InChI is InChI=1S/C19H40N4O2.HI/c1-15(2)8-10-24-11-9-21-18(20-7)22-14-19(5,6)23-12-16(3)25-17(4)13-23;/h15-17H,8-14H2,1-7H3,(H2,20,21,22);1H. The second kappa shape index (κ2) is 13.1. The van der Waals surface area contributed by atoms with Crippen molar-refractivity contribution in [2.45, 2.75) is 65.7 Å². The first-order valence-electron chi connectivity index (χ1n) is 9.67. The molecule has 0 saturated carbocycles. The smallest absolute Gasteiger partial charge is 0.191 e. The first-order chi connectivity index (χ1) is 11.7. The molecule has 1 aliphatic heterocycles. The summed E-state index contributed by atoms with van der Waals surface area (Å²) in [6, 6.07) is 0. The molecule has 0 bridgehead atoms. The zero-order valence-corrected chi connectivity index (χ0v) is 20.1. The van der Waals surface area contributed by atoms with Gasteiger partial charge in [-0.2, -0.15) is 0 Å². The van der Waals surface area contributed by atoms with Crippen LogP contribution in [0.3, 0.4) is 0 Å². The van der Waals surface area contributed by atoms with Gasteiger partial charge in [-0.1, -0.05) is 13.8 Å². The predicted molar refractivity (Wildman–Crippen MR) is 121 cm³/mol. The maximum absolute atomic E-state index is 5.85. The molecule has 0 aliphatic carbocycles. The minimum Gasteiger partial charge on any atom is -0.380 e. The molecule has 7 heteroatoms. The van der Waals surface area contributed by atoms with E-state index in [4.69, 9.17) is 9.47 Å². The van der Waals surface area contributed by atoms with E-state index in [-0.39, 0.29) is 41.7 Å². The van der Waals surface area contributed by atoms with Gasteiger partial charge in [0, 0.05) is 45.4 Å². The van der Waals surface area contributed by atoms with Crippen molar-refractivity contribution in [2.75, 3.05) is 46.4 Å². The van der Waals surface area contributed by atoms with E-state index in [1.165, 1.54) is 0 Å². The maximum atomic E-state index is 5.85. The van der Waals surface area contributed by atoms with Gasteiger partial charge in [0.05, 0.1) is 18.8 Å². The average molecular weight is 484 g/mol.